The van der Waals surface area contributed by atoms with Crippen molar-refractivity contribution in [3.8, 4) is 0 Å². The van der Waals surface area contributed by atoms with E-state index in [1.54, 1.807) is 0 Å². The standard InChI is InChI=1S/C15H30N2O/c1-5-17(6-2)15(18)10-11-16-14-9-7-8-12(3)13(14)4/h12-14,16H,5-11H2,1-4H3. The zero-order chi connectivity index (χ0) is 13.5. The van der Waals surface area contributed by atoms with E-state index >= 15 is 0 Å². The van der Waals surface area contributed by atoms with Gasteiger partial charge in [-0.3, -0.25) is 4.79 Å². The van der Waals surface area contributed by atoms with Crippen LogP contribution >= 0.6 is 0 Å². The van der Waals surface area contributed by atoms with Gasteiger partial charge in [0.25, 0.3) is 0 Å². The molecular weight excluding hydrogens is 224 g/mol. The molecule has 1 fully saturated rings. The first-order chi connectivity index (χ1) is 8.60. The fraction of sp³-hybridized carbons (Fsp3) is 0.933. The van der Waals surface area contributed by atoms with Crippen molar-refractivity contribution in [1.29, 1.82) is 0 Å². The van der Waals surface area contributed by atoms with Crippen molar-refractivity contribution < 1.29 is 4.79 Å². The third-order valence-electron chi connectivity index (χ3n) is 4.57. The molecule has 3 unspecified atom stereocenters. The van der Waals surface area contributed by atoms with Gasteiger partial charge in [0.2, 0.25) is 5.91 Å². The summed E-state index contributed by atoms with van der Waals surface area (Å²) in [6, 6.07) is 0.609. The topological polar surface area (TPSA) is 32.3 Å². The Hall–Kier alpha value is -0.570. The van der Waals surface area contributed by atoms with Gasteiger partial charge in [-0.15, -0.1) is 0 Å². The molecule has 18 heavy (non-hydrogen) atoms. The molecule has 0 aromatic carbocycles. The number of carbonyl (C=O) groups is 1. The minimum absolute atomic E-state index is 0.281. The Morgan fingerprint density at radius 3 is 2.50 bits per heavy atom. The molecular formula is C15H30N2O. The van der Waals surface area contributed by atoms with E-state index in [1.165, 1.54) is 19.3 Å². The highest BCUT2D eigenvalue weighted by molar-refractivity contribution is 5.76. The molecule has 3 nitrogen and oxygen atoms in total. The Bertz CT molecular complexity index is 251. The lowest BCUT2D eigenvalue weighted by Crippen LogP contribution is -2.42. The van der Waals surface area contributed by atoms with Crippen LogP contribution in [0.25, 0.3) is 0 Å². The number of amides is 1. The molecule has 1 amide bonds. The van der Waals surface area contributed by atoms with Crippen LogP contribution in [0, 0.1) is 11.8 Å². The summed E-state index contributed by atoms with van der Waals surface area (Å²) in [6.07, 6.45) is 4.59. The van der Waals surface area contributed by atoms with Crippen molar-refractivity contribution in [2.45, 2.75) is 59.4 Å². The molecule has 1 aliphatic carbocycles. The van der Waals surface area contributed by atoms with Gasteiger partial charge in [0.05, 0.1) is 0 Å². The normalized spacial score (nSPS) is 28.1. The van der Waals surface area contributed by atoms with Crippen LogP contribution in [0.1, 0.15) is 53.4 Å². The van der Waals surface area contributed by atoms with Crippen molar-refractivity contribution in [3.05, 3.63) is 0 Å². The first-order valence-electron chi connectivity index (χ1n) is 7.61. The maximum absolute atomic E-state index is 11.9. The molecule has 106 valence electrons. The van der Waals surface area contributed by atoms with Gasteiger partial charge in [0.15, 0.2) is 0 Å². The van der Waals surface area contributed by atoms with Gasteiger partial charge in [-0.05, 0) is 32.1 Å². The smallest absolute Gasteiger partial charge is 0.223 e. The van der Waals surface area contributed by atoms with E-state index < -0.39 is 0 Å². The first kappa shape index (κ1) is 15.5. The predicted octanol–water partition coefficient (Wildman–Crippen LogP) is 2.66. The lowest BCUT2D eigenvalue weighted by atomic mass is 9.78. The van der Waals surface area contributed by atoms with Crippen molar-refractivity contribution in [3.63, 3.8) is 0 Å². The van der Waals surface area contributed by atoms with Gasteiger partial charge in [-0.25, -0.2) is 0 Å². The van der Waals surface area contributed by atoms with Crippen LogP contribution in [-0.4, -0.2) is 36.5 Å². The van der Waals surface area contributed by atoms with Crippen molar-refractivity contribution in [2.24, 2.45) is 11.8 Å². The molecule has 1 saturated carbocycles. The van der Waals surface area contributed by atoms with Crippen molar-refractivity contribution in [1.82, 2.24) is 10.2 Å². The Morgan fingerprint density at radius 2 is 1.89 bits per heavy atom. The van der Waals surface area contributed by atoms with E-state index in [2.05, 4.69) is 19.2 Å². The van der Waals surface area contributed by atoms with Gasteiger partial charge >= 0.3 is 0 Å². The second kappa shape index (κ2) is 7.78. The van der Waals surface area contributed by atoms with Gasteiger partial charge in [0.1, 0.15) is 0 Å². The fourth-order valence-corrected chi connectivity index (χ4v) is 2.97. The number of hydrogen-bond acceptors (Lipinski definition) is 2. The molecule has 3 atom stereocenters. The largest absolute Gasteiger partial charge is 0.343 e. The van der Waals surface area contributed by atoms with E-state index in [4.69, 9.17) is 0 Å². The highest BCUT2D eigenvalue weighted by Crippen LogP contribution is 2.29. The SMILES string of the molecule is CCN(CC)C(=O)CCNC1CCCC(C)C1C. The highest BCUT2D eigenvalue weighted by Gasteiger charge is 2.26. The van der Waals surface area contributed by atoms with Crippen LogP contribution < -0.4 is 5.32 Å². The lowest BCUT2D eigenvalue weighted by Gasteiger charge is -2.35. The summed E-state index contributed by atoms with van der Waals surface area (Å²) < 4.78 is 0. The number of rotatable bonds is 6. The van der Waals surface area contributed by atoms with E-state index in [9.17, 15) is 4.79 Å². The summed E-state index contributed by atoms with van der Waals surface area (Å²) in [5.74, 6) is 1.83. The third-order valence-corrected chi connectivity index (χ3v) is 4.57. The van der Waals surface area contributed by atoms with Gasteiger partial charge in [-0.2, -0.15) is 0 Å². The van der Waals surface area contributed by atoms with Gasteiger partial charge < -0.3 is 10.2 Å². The minimum Gasteiger partial charge on any atom is -0.343 e. The Balaban J connectivity index is 2.26. The average Bonchev–Trinajstić information content (AvgIpc) is 2.36. The third kappa shape index (κ3) is 4.27. The summed E-state index contributed by atoms with van der Waals surface area (Å²) in [4.78, 5) is 13.8. The Kier molecular flexibility index (Phi) is 6.69. The van der Waals surface area contributed by atoms with Crippen molar-refractivity contribution >= 4 is 5.91 Å². The summed E-state index contributed by atoms with van der Waals surface area (Å²) in [6.45, 7) is 11.3. The highest BCUT2D eigenvalue weighted by atomic mass is 16.2. The van der Waals surface area contributed by atoms with Gasteiger partial charge in [-0.1, -0.05) is 26.7 Å². The zero-order valence-electron chi connectivity index (χ0n) is 12.5. The molecule has 0 aliphatic heterocycles. The number of carbonyl (C=O) groups excluding carboxylic acids is 1. The fourth-order valence-electron chi connectivity index (χ4n) is 2.97. The molecule has 0 heterocycles. The van der Waals surface area contributed by atoms with E-state index in [0.29, 0.717) is 12.5 Å². The molecule has 3 heteroatoms. The van der Waals surface area contributed by atoms with Crippen LogP contribution in [0.3, 0.4) is 0 Å². The second-order valence-corrected chi connectivity index (χ2v) is 5.64. The van der Waals surface area contributed by atoms with Crippen LogP contribution in [0.15, 0.2) is 0 Å². The summed E-state index contributed by atoms with van der Waals surface area (Å²) >= 11 is 0. The van der Waals surface area contributed by atoms with Crippen LogP contribution in [0.5, 0.6) is 0 Å². The maximum Gasteiger partial charge on any atom is 0.223 e. The quantitative estimate of drug-likeness (QED) is 0.790. The Morgan fingerprint density at radius 1 is 1.22 bits per heavy atom. The minimum atomic E-state index is 0.281. The number of nitrogens with one attached hydrogen (secondary N) is 1. The summed E-state index contributed by atoms with van der Waals surface area (Å²) in [5.41, 5.74) is 0. The Labute approximate surface area is 112 Å². The molecule has 0 aromatic heterocycles. The van der Waals surface area contributed by atoms with Gasteiger partial charge in [0, 0.05) is 32.1 Å². The monoisotopic (exact) mass is 254 g/mol. The number of hydrogen-bond donors (Lipinski definition) is 1. The van der Waals surface area contributed by atoms with Crippen LogP contribution in [0.2, 0.25) is 0 Å². The summed E-state index contributed by atoms with van der Waals surface area (Å²) in [7, 11) is 0. The first-order valence-corrected chi connectivity index (χ1v) is 7.61. The summed E-state index contributed by atoms with van der Waals surface area (Å²) in [5, 5.41) is 3.59. The number of nitrogens with zero attached hydrogens (tertiary/aromatic N) is 1. The lowest BCUT2D eigenvalue weighted by molar-refractivity contribution is -0.130. The molecule has 1 aliphatic rings. The average molecular weight is 254 g/mol. The zero-order valence-corrected chi connectivity index (χ0v) is 12.5. The molecule has 0 aromatic rings. The maximum atomic E-state index is 11.9. The molecule has 0 saturated heterocycles. The van der Waals surface area contributed by atoms with Crippen LogP contribution in [-0.2, 0) is 4.79 Å². The van der Waals surface area contributed by atoms with E-state index in [-0.39, 0.29) is 5.91 Å². The molecule has 0 bridgehead atoms. The molecule has 1 N–H and O–H groups in total. The molecule has 1 rings (SSSR count). The van der Waals surface area contributed by atoms with E-state index in [1.807, 2.05) is 18.7 Å². The van der Waals surface area contributed by atoms with E-state index in [0.717, 1.165) is 31.5 Å². The predicted molar refractivity (Wildman–Crippen MR) is 76.5 cm³/mol. The van der Waals surface area contributed by atoms with Crippen LogP contribution in [0.4, 0.5) is 0 Å². The van der Waals surface area contributed by atoms with Crippen molar-refractivity contribution in [2.75, 3.05) is 19.6 Å². The molecule has 0 radical (unpaired) electrons. The molecule has 0 spiro atoms. The second-order valence-electron chi connectivity index (χ2n) is 5.64.